The summed E-state index contributed by atoms with van der Waals surface area (Å²) in [5.74, 6) is -0.542. The van der Waals surface area contributed by atoms with Crippen molar-refractivity contribution in [2.24, 2.45) is 5.73 Å². The highest BCUT2D eigenvalue weighted by atomic mass is 19.1. The van der Waals surface area contributed by atoms with Crippen LogP contribution in [0.25, 0.3) is 0 Å². The molecule has 0 radical (unpaired) electrons. The van der Waals surface area contributed by atoms with Gasteiger partial charge in [0.25, 0.3) is 5.69 Å². The molecule has 0 saturated heterocycles. The van der Waals surface area contributed by atoms with Crippen LogP contribution < -0.4 is 10.6 Å². The molecule has 2 N–H and O–H groups in total. The second-order valence-corrected chi connectivity index (χ2v) is 5.53. The molecule has 0 unspecified atom stereocenters. The SMILES string of the molecule is Cc1cc(N(C)C2CCC(N)CC2)c([N+](=O)[O-])cc1F. The molecule has 0 aliphatic heterocycles. The zero-order valence-electron chi connectivity index (χ0n) is 11.8. The van der Waals surface area contributed by atoms with Gasteiger partial charge in [0.2, 0.25) is 0 Å². The highest BCUT2D eigenvalue weighted by Crippen LogP contribution is 2.34. The summed E-state index contributed by atoms with van der Waals surface area (Å²) in [6, 6.07) is 3.01. The van der Waals surface area contributed by atoms with Crippen LogP contribution in [-0.4, -0.2) is 24.1 Å². The summed E-state index contributed by atoms with van der Waals surface area (Å²) >= 11 is 0. The van der Waals surface area contributed by atoms with E-state index in [0.29, 0.717) is 11.3 Å². The molecule has 1 saturated carbocycles. The molecule has 5 nitrogen and oxygen atoms in total. The molecular weight excluding hydrogens is 261 g/mol. The van der Waals surface area contributed by atoms with E-state index >= 15 is 0 Å². The third kappa shape index (κ3) is 2.90. The summed E-state index contributed by atoms with van der Waals surface area (Å²) in [5.41, 5.74) is 6.61. The van der Waals surface area contributed by atoms with Crippen LogP contribution in [0.5, 0.6) is 0 Å². The van der Waals surface area contributed by atoms with Gasteiger partial charge in [-0.05, 0) is 44.2 Å². The van der Waals surface area contributed by atoms with E-state index in [-0.39, 0.29) is 17.8 Å². The lowest BCUT2D eigenvalue weighted by atomic mass is 9.90. The molecule has 0 amide bonds. The number of hydrogen-bond acceptors (Lipinski definition) is 4. The van der Waals surface area contributed by atoms with Crippen LogP contribution >= 0.6 is 0 Å². The van der Waals surface area contributed by atoms with Gasteiger partial charge in [-0.1, -0.05) is 0 Å². The van der Waals surface area contributed by atoms with Crippen molar-refractivity contribution < 1.29 is 9.31 Å². The first-order valence-corrected chi connectivity index (χ1v) is 6.83. The molecule has 1 aromatic carbocycles. The van der Waals surface area contributed by atoms with E-state index in [0.717, 1.165) is 31.7 Å². The van der Waals surface area contributed by atoms with Crippen molar-refractivity contribution >= 4 is 11.4 Å². The maximum absolute atomic E-state index is 13.5. The van der Waals surface area contributed by atoms with Gasteiger partial charge in [0.15, 0.2) is 0 Å². The van der Waals surface area contributed by atoms with Crippen molar-refractivity contribution in [1.82, 2.24) is 0 Å². The molecule has 20 heavy (non-hydrogen) atoms. The zero-order valence-corrected chi connectivity index (χ0v) is 11.8. The average molecular weight is 281 g/mol. The molecule has 1 aromatic rings. The van der Waals surface area contributed by atoms with Crippen LogP contribution in [-0.2, 0) is 0 Å². The quantitative estimate of drug-likeness (QED) is 0.683. The van der Waals surface area contributed by atoms with Crippen LogP contribution in [0.1, 0.15) is 31.2 Å². The standard InChI is InChI=1S/C14H20FN3O2/c1-9-7-13(14(18(19)20)8-12(9)15)17(2)11-5-3-10(16)4-6-11/h7-8,10-11H,3-6,16H2,1-2H3. The minimum atomic E-state index is -0.542. The Bertz CT molecular complexity index is 513. The first kappa shape index (κ1) is 14.7. The van der Waals surface area contributed by atoms with Crippen molar-refractivity contribution in [2.75, 3.05) is 11.9 Å². The summed E-state index contributed by atoms with van der Waals surface area (Å²) < 4.78 is 13.5. The Balaban J connectivity index is 2.31. The van der Waals surface area contributed by atoms with E-state index in [2.05, 4.69) is 0 Å². The number of nitro benzene ring substituents is 1. The molecule has 6 heteroatoms. The first-order chi connectivity index (χ1) is 9.40. The van der Waals surface area contributed by atoms with Crippen LogP contribution in [0.4, 0.5) is 15.8 Å². The van der Waals surface area contributed by atoms with Crippen LogP contribution in [0.3, 0.4) is 0 Å². The Hall–Kier alpha value is -1.69. The highest BCUT2D eigenvalue weighted by Gasteiger charge is 2.27. The van der Waals surface area contributed by atoms with Gasteiger partial charge >= 0.3 is 0 Å². The van der Waals surface area contributed by atoms with Gasteiger partial charge in [-0.25, -0.2) is 4.39 Å². The summed E-state index contributed by atoms with van der Waals surface area (Å²) in [4.78, 5) is 12.5. The maximum Gasteiger partial charge on any atom is 0.295 e. The molecule has 0 spiro atoms. The highest BCUT2D eigenvalue weighted by molar-refractivity contribution is 5.65. The molecular formula is C14H20FN3O2. The molecule has 0 bridgehead atoms. The Morgan fingerprint density at radius 3 is 2.50 bits per heavy atom. The smallest absolute Gasteiger partial charge is 0.295 e. The summed E-state index contributed by atoms with van der Waals surface area (Å²) in [5, 5.41) is 11.1. The Morgan fingerprint density at radius 2 is 1.95 bits per heavy atom. The minimum Gasteiger partial charge on any atom is -0.366 e. The van der Waals surface area contributed by atoms with Crippen LogP contribution in [0, 0.1) is 22.9 Å². The normalized spacial score (nSPS) is 22.6. The van der Waals surface area contributed by atoms with Crippen molar-refractivity contribution in [1.29, 1.82) is 0 Å². The monoisotopic (exact) mass is 281 g/mol. The minimum absolute atomic E-state index is 0.175. The van der Waals surface area contributed by atoms with Crippen molar-refractivity contribution in [3.63, 3.8) is 0 Å². The number of benzene rings is 1. The molecule has 1 fully saturated rings. The fourth-order valence-corrected chi connectivity index (χ4v) is 2.77. The Kier molecular flexibility index (Phi) is 4.23. The van der Waals surface area contributed by atoms with Gasteiger partial charge in [-0.15, -0.1) is 0 Å². The molecule has 0 atom stereocenters. The molecule has 110 valence electrons. The van der Waals surface area contributed by atoms with Gasteiger partial charge in [-0.3, -0.25) is 10.1 Å². The van der Waals surface area contributed by atoms with Crippen LogP contribution in [0.2, 0.25) is 0 Å². The van der Waals surface area contributed by atoms with Crippen molar-refractivity contribution in [3.05, 3.63) is 33.6 Å². The van der Waals surface area contributed by atoms with E-state index in [1.807, 2.05) is 11.9 Å². The number of nitro groups is 1. The second kappa shape index (κ2) is 5.75. The summed E-state index contributed by atoms with van der Waals surface area (Å²) in [7, 11) is 1.83. The predicted molar refractivity (Wildman–Crippen MR) is 76.4 cm³/mol. The number of rotatable bonds is 3. The fraction of sp³-hybridized carbons (Fsp3) is 0.571. The maximum atomic E-state index is 13.5. The third-order valence-electron chi connectivity index (χ3n) is 4.12. The molecule has 2 rings (SSSR count). The third-order valence-corrected chi connectivity index (χ3v) is 4.12. The van der Waals surface area contributed by atoms with Gasteiger partial charge < -0.3 is 10.6 Å². The van der Waals surface area contributed by atoms with E-state index in [1.165, 1.54) is 0 Å². The largest absolute Gasteiger partial charge is 0.366 e. The van der Waals surface area contributed by atoms with E-state index in [9.17, 15) is 14.5 Å². The fourth-order valence-electron chi connectivity index (χ4n) is 2.77. The topological polar surface area (TPSA) is 72.4 Å². The van der Waals surface area contributed by atoms with Crippen molar-refractivity contribution in [2.45, 2.75) is 44.7 Å². The lowest BCUT2D eigenvalue weighted by Gasteiger charge is -2.34. The molecule has 1 aliphatic carbocycles. The molecule has 0 aromatic heterocycles. The zero-order chi connectivity index (χ0) is 14.9. The lowest BCUT2D eigenvalue weighted by molar-refractivity contribution is -0.384. The second-order valence-electron chi connectivity index (χ2n) is 5.53. The van der Waals surface area contributed by atoms with Crippen LogP contribution in [0.15, 0.2) is 12.1 Å². The van der Waals surface area contributed by atoms with E-state index in [4.69, 9.17) is 5.73 Å². The summed E-state index contributed by atoms with van der Waals surface area (Å²) in [6.45, 7) is 1.62. The number of nitrogens with two attached hydrogens (primary N) is 1. The average Bonchev–Trinajstić information content (AvgIpc) is 2.41. The lowest BCUT2D eigenvalue weighted by Crippen LogP contribution is -2.39. The number of anilines is 1. The van der Waals surface area contributed by atoms with E-state index in [1.54, 1.807) is 13.0 Å². The van der Waals surface area contributed by atoms with Gasteiger partial charge in [0, 0.05) is 19.1 Å². The molecule has 1 aliphatic rings. The summed E-state index contributed by atoms with van der Waals surface area (Å²) in [6.07, 6.45) is 3.66. The number of aryl methyl sites for hydroxylation is 1. The van der Waals surface area contributed by atoms with E-state index < -0.39 is 10.7 Å². The Morgan fingerprint density at radius 1 is 1.35 bits per heavy atom. The van der Waals surface area contributed by atoms with Crippen molar-refractivity contribution in [3.8, 4) is 0 Å². The number of hydrogen-bond donors (Lipinski definition) is 1. The predicted octanol–water partition coefficient (Wildman–Crippen LogP) is 2.75. The van der Waals surface area contributed by atoms with Gasteiger partial charge in [-0.2, -0.15) is 0 Å². The Labute approximate surface area is 117 Å². The van der Waals surface area contributed by atoms with Gasteiger partial charge in [0.1, 0.15) is 11.5 Å². The number of nitrogens with zero attached hydrogens (tertiary/aromatic N) is 2. The number of halogens is 1. The molecule has 0 heterocycles. The van der Waals surface area contributed by atoms with Gasteiger partial charge in [0.05, 0.1) is 11.0 Å². The first-order valence-electron chi connectivity index (χ1n) is 6.83.